The second kappa shape index (κ2) is 5.60. The monoisotopic (exact) mass is 242 g/mol. The van der Waals surface area contributed by atoms with Crippen LogP contribution in [0.25, 0.3) is 0 Å². The molecule has 1 unspecified atom stereocenters. The van der Waals surface area contributed by atoms with E-state index in [2.05, 4.69) is 23.8 Å². The minimum Gasteiger partial charge on any atom is -0.373 e. The van der Waals surface area contributed by atoms with Crippen LogP contribution in [0.5, 0.6) is 0 Å². The van der Waals surface area contributed by atoms with E-state index in [1.54, 1.807) is 7.11 Å². The van der Waals surface area contributed by atoms with Gasteiger partial charge in [-0.3, -0.25) is 0 Å². The van der Waals surface area contributed by atoms with Crippen molar-refractivity contribution < 1.29 is 4.74 Å². The molecule has 1 atom stereocenters. The number of aromatic nitrogens is 2. The molecule has 0 fully saturated rings. The van der Waals surface area contributed by atoms with Gasteiger partial charge >= 0.3 is 0 Å². The summed E-state index contributed by atoms with van der Waals surface area (Å²) in [4.78, 5) is 8.80. The summed E-state index contributed by atoms with van der Waals surface area (Å²) in [5, 5.41) is 0.549. The van der Waals surface area contributed by atoms with Crippen molar-refractivity contribution in [3.63, 3.8) is 0 Å². The number of nitrogens with zero attached hydrogens (tertiary/aromatic N) is 2. The van der Waals surface area contributed by atoms with Crippen LogP contribution in [0.15, 0.2) is 0 Å². The van der Waals surface area contributed by atoms with Crippen molar-refractivity contribution in [3.05, 3.63) is 22.2 Å². The third kappa shape index (κ3) is 2.71. The van der Waals surface area contributed by atoms with E-state index >= 15 is 0 Å². The molecule has 0 aromatic carbocycles. The van der Waals surface area contributed by atoms with E-state index in [4.69, 9.17) is 16.3 Å². The standard InChI is InChI=1S/C12H19ClN2O/c1-6-9(16-5)12-14-8(4)10(7(2)3)11(13)15-12/h7,9H,6H2,1-5H3. The van der Waals surface area contributed by atoms with Gasteiger partial charge in [0, 0.05) is 18.4 Å². The van der Waals surface area contributed by atoms with Crippen molar-refractivity contribution in [3.8, 4) is 0 Å². The van der Waals surface area contributed by atoms with Gasteiger partial charge in [-0.2, -0.15) is 0 Å². The Labute approximate surface area is 102 Å². The van der Waals surface area contributed by atoms with Crippen molar-refractivity contribution in [1.82, 2.24) is 9.97 Å². The SMILES string of the molecule is CCC(OC)c1nc(C)c(C(C)C)c(Cl)n1. The van der Waals surface area contributed by atoms with Gasteiger partial charge in [0.2, 0.25) is 0 Å². The first kappa shape index (κ1) is 13.4. The van der Waals surface area contributed by atoms with Gasteiger partial charge < -0.3 is 4.74 Å². The quantitative estimate of drug-likeness (QED) is 0.756. The van der Waals surface area contributed by atoms with Gasteiger partial charge in [-0.25, -0.2) is 9.97 Å². The molecule has 1 aromatic rings. The van der Waals surface area contributed by atoms with Gasteiger partial charge in [0.1, 0.15) is 11.3 Å². The predicted molar refractivity (Wildman–Crippen MR) is 65.9 cm³/mol. The summed E-state index contributed by atoms with van der Waals surface area (Å²) in [5.41, 5.74) is 1.97. The predicted octanol–water partition coefficient (Wildman–Crippen LogP) is 3.66. The molecular weight excluding hydrogens is 224 g/mol. The highest BCUT2D eigenvalue weighted by molar-refractivity contribution is 6.30. The maximum Gasteiger partial charge on any atom is 0.159 e. The van der Waals surface area contributed by atoms with E-state index in [0.717, 1.165) is 17.7 Å². The zero-order valence-electron chi connectivity index (χ0n) is 10.5. The second-order valence-electron chi connectivity index (χ2n) is 4.16. The molecule has 0 aliphatic rings. The fourth-order valence-electron chi connectivity index (χ4n) is 1.82. The topological polar surface area (TPSA) is 35.0 Å². The highest BCUT2D eigenvalue weighted by Gasteiger charge is 2.17. The molecule has 3 nitrogen and oxygen atoms in total. The Balaban J connectivity index is 3.18. The summed E-state index contributed by atoms with van der Waals surface area (Å²) in [6.07, 6.45) is 0.769. The minimum absolute atomic E-state index is 0.0718. The molecule has 90 valence electrons. The number of hydrogen-bond acceptors (Lipinski definition) is 3. The number of ether oxygens (including phenoxy) is 1. The molecule has 0 radical (unpaired) electrons. The first-order valence-electron chi connectivity index (χ1n) is 5.57. The second-order valence-corrected chi connectivity index (χ2v) is 4.52. The van der Waals surface area contributed by atoms with Gasteiger partial charge in [-0.05, 0) is 19.3 Å². The fourth-order valence-corrected chi connectivity index (χ4v) is 2.26. The first-order chi connectivity index (χ1) is 7.51. The van der Waals surface area contributed by atoms with E-state index in [0.29, 0.717) is 16.9 Å². The molecule has 4 heteroatoms. The van der Waals surface area contributed by atoms with E-state index in [-0.39, 0.29) is 6.10 Å². The lowest BCUT2D eigenvalue weighted by Gasteiger charge is -2.16. The van der Waals surface area contributed by atoms with Gasteiger partial charge in [-0.15, -0.1) is 0 Å². The zero-order valence-corrected chi connectivity index (χ0v) is 11.3. The maximum absolute atomic E-state index is 6.18. The van der Waals surface area contributed by atoms with Crippen LogP contribution in [0.3, 0.4) is 0 Å². The average molecular weight is 243 g/mol. The van der Waals surface area contributed by atoms with E-state index in [1.807, 2.05) is 13.8 Å². The van der Waals surface area contributed by atoms with Crippen molar-refractivity contribution in [1.29, 1.82) is 0 Å². The Bertz CT molecular complexity index is 339. The normalized spacial score (nSPS) is 13.2. The zero-order chi connectivity index (χ0) is 12.3. The van der Waals surface area contributed by atoms with Crippen LogP contribution in [-0.2, 0) is 4.74 Å². The third-order valence-corrected chi connectivity index (χ3v) is 2.92. The van der Waals surface area contributed by atoms with Crippen molar-refractivity contribution >= 4 is 11.6 Å². The van der Waals surface area contributed by atoms with Crippen LogP contribution in [-0.4, -0.2) is 17.1 Å². The van der Waals surface area contributed by atoms with Crippen LogP contribution >= 0.6 is 11.6 Å². The molecule has 0 N–H and O–H groups in total. The Morgan fingerprint density at radius 3 is 2.31 bits per heavy atom. The van der Waals surface area contributed by atoms with Crippen LogP contribution in [0.2, 0.25) is 5.15 Å². The number of aryl methyl sites for hydroxylation is 1. The molecule has 0 saturated carbocycles. The van der Waals surface area contributed by atoms with Crippen LogP contribution in [0, 0.1) is 6.92 Å². The molecule has 0 bridgehead atoms. The van der Waals surface area contributed by atoms with Crippen LogP contribution < -0.4 is 0 Å². The summed E-state index contributed by atoms with van der Waals surface area (Å²) in [5.74, 6) is 1.01. The average Bonchev–Trinajstić information content (AvgIpc) is 2.17. The van der Waals surface area contributed by atoms with Crippen LogP contribution in [0.1, 0.15) is 56.3 Å². The number of hydrogen-bond donors (Lipinski definition) is 0. The van der Waals surface area contributed by atoms with E-state index < -0.39 is 0 Å². The Hall–Kier alpha value is -0.670. The molecule has 0 saturated heterocycles. The summed E-state index contributed by atoms with van der Waals surface area (Å²) < 4.78 is 5.31. The van der Waals surface area contributed by atoms with Gasteiger partial charge in [0.05, 0.1) is 0 Å². The molecule has 0 aliphatic carbocycles. The van der Waals surface area contributed by atoms with Gasteiger partial charge in [0.15, 0.2) is 5.82 Å². The highest BCUT2D eigenvalue weighted by atomic mass is 35.5. The molecule has 1 rings (SSSR count). The Morgan fingerprint density at radius 2 is 1.94 bits per heavy atom. The number of methoxy groups -OCH3 is 1. The van der Waals surface area contributed by atoms with Crippen LogP contribution in [0.4, 0.5) is 0 Å². The van der Waals surface area contributed by atoms with Crippen molar-refractivity contribution in [2.24, 2.45) is 0 Å². The van der Waals surface area contributed by atoms with Crippen molar-refractivity contribution in [2.45, 2.75) is 46.1 Å². The third-order valence-electron chi connectivity index (χ3n) is 2.63. The van der Waals surface area contributed by atoms with Gasteiger partial charge in [-0.1, -0.05) is 32.4 Å². The van der Waals surface area contributed by atoms with E-state index in [9.17, 15) is 0 Å². The summed E-state index contributed by atoms with van der Waals surface area (Å²) in [7, 11) is 1.66. The molecule has 0 spiro atoms. The molecule has 1 heterocycles. The Morgan fingerprint density at radius 1 is 1.31 bits per heavy atom. The lowest BCUT2D eigenvalue weighted by atomic mass is 10.0. The molecule has 0 amide bonds. The lowest BCUT2D eigenvalue weighted by molar-refractivity contribution is 0.0924. The van der Waals surface area contributed by atoms with Crippen molar-refractivity contribution in [2.75, 3.05) is 7.11 Å². The minimum atomic E-state index is -0.0718. The molecule has 16 heavy (non-hydrogen) atoms. The number of rotatable bonds is 4. The summed E-state index contributed by atoms with van der Waals surface area (Å²) >= 11 is 6.18. The fraction of sp³-hybridized carbons (Fsp3) is 0.667. The summed E-state index contributed by atoms with van der Waals surface area (Å²) in [6, 6.07) is 0. The lowest BCUT2D eigenvalue weighted by Crippen LogP contribution is -2.10. The maximum atomic E-state index is 6.18. The molecule has 0 aliphatic heterocycles. The highest BCUT2D eigenvalue weighted by Crippen LogP contribution is 2.27. The molecule has 1 aromatic heterocycles. The largest absolute Gasteiger partial charge is 0.373 e. The Kier molecular flexibility index (Phi) is 4.69. The van der Waals surface area contributed by atoms with E-state index in [1.165, 1.54) is 0 Å². The first-order valence-corrected chi connectivity index (χ1v) is 5.95. The smallest absolute Gasteiger partial charge is 0.159 e. The number of halogens is 1. The van der Waals surface area contributed by atoms with Gasteiger partial charge in [0.25, 0.3) is 0 Å². The summed E-state index contributed by atoms with van der Waals surface area (Å²) in [6.45, 7) is 8.18. The molecular formula is C12H19ClN2O.